The Morgan fingerprint density at radius 1 is 1.00 bits per heavy atom. The highest BCUT2D eigenvalue weighted by Crippen LogP contribution is 2.31. The van der Waals surface area contributed by atoms with Gasteiger partial charge in [-0.3, -0.25) is 19.2 Å². The summed E-state index contributed by atoms with van der Waals surface area (Å²) < 4.78 is 6.84. The lowest BCUT2D eigenvalue weighted by Crippen LogP contribution is -2.41. The molecule has 0 saturated carbocycles. The molecule has 6 heteroatoms. The Kier molecular flexibility index (Phi) is 4.53. The number of amides is 2. The van der Waals surface area contributed by atoms with Crippen LogP contribution in [0, 0.1) is 0 Å². The minimum atomic E-state index is -0.316. The molecule has 2 aromatic carbocycles. The van der Waals surface area contributed by atoms with E-state index in [4.69, 9.17) is 4.74 Å². The second-order valence-corrected chi connectivity index (χ2v) is 6.60. The Hall–Kier alpha value is -3.67. The minimum Gasteiger partial charge on any atom is -0.497 e. The fourth-order valence-electron chi connectivity index (χ4n) is 3.28. The van der Waals surface area contributed by atoms with E-state index >= 15 is 0 Å². The summed E-state index contributed by atoms with van der Waals surface area (Å²) in [4.78, 5) is 27.5. The molecule has 1 aromatic heterocycles. The van der Waals surface area contributed by atoms with Gasteiger partial charge in [0.1, 0.15) is 5.75 Å². The topological polar surface area (TPSA) is 64.4 Å². The van der Waals surface area contributed by atoms with Gasteiger partial charge in [-0.1, -0.05) is 30.3 Å². The highest BCUT2D eigenvalue weighted by atomic mass is 16.5. The van der Waals surface area contributed by atoms with Gasteiger partial charge in [-0.05, 0) is 35.4 Å². The van der Waals surface area contributed by atoms with E-state index in [-0.39, 0.29) is 18.4 Å². The molecule has 0 radical (unpaired) electrons. The summed E-state index contributed by atoms with van der Waals surface area (Å²) in [5.74, 6) is 0.116. The van der Waals surface area contributed by atoms with E-state index in [1.165, 1.54) is 4.90 Å². The van der Waals surface area contributed by atoms with E-state index in [9.17, 15) is 9.59 Å². The van der Waals surface area contributed by atoms with Crippen LogP contribution in [-0.2, 0) is 18.4 Å². The van der Waals surface area contributed by atoms with Gasteiger partial charge in [0.15, 0.2) is 0 Å². The van der Waals surface area contributed by atoms with Crippen molar-refractivity contribution >= 4 is 23.5 Å². The van der Waals surface area contributed by atoms with Crippen LogP contribution in [0.1, 0.15) is 27.0 Å². The van der Waals surface area contributed by atoms with E-state index in [0.29, 0.717) is 16.7 Å². The number of ether oxygens (including phenoxy) is 1. The maximum absolute atomic E-state index is 13.2. The molecule has 2 heterocycles. The predicted octanol–water partition coefficient (Wildman–Crippen LogP) is 3.15. The summed E-state index contributed by atoms with van der Waals surface area (Å²) in [7, 11) is 3.41. The highest BCUT2D eigenvalue weighted by molar-refractivity contribution is 6.33. The number of aryl methyl sites for hydroxylation is 1. The average Bonchev–Trinajstić information content (AvgIpc) is 3.14. The third kappa shape index (κ3) is 3.20. The summed E-state index contributed by atoms with van der Waals surface area (Å²) in [6.07, 6.45) is 5.29. The maximum Gasteiger partial charge on any atom is 0.261 e. The SMILES string of the molecule is COc1ccc(CN2C(=O)C(=Cc3cnn(C)c3)c3ccccc3C2=O)cc1. The molecular formula is C22H19N3O3. The molecule has 0 fully saturated rings. The van der Waals surface area contributed by atoms with E-state index in [1.54, 1.807) is 42.3 Å². The van der Waals surface area contributed by atoms with Gasteiger partial charge in [0.25, 0.3) is 11.8 Å². The zero-order valence-electron chi connectivity index (χ0n) is 15.6. The molecule has 1 aliphatic heterocycles. The summed E-state index contributed by atoms with van der Waals surface area (Å²) in [5, 5.41) is 4.15. The first kappa shape index (κ1) is 17.7. The van der Waals surface area contributed by atoms with Gasteiger partial charge >= 0.3 is 0 Å². The fourth-order valence-corrected chi connectivity index (χ4v) is 3.28. The standard InChI is InChI=1S/C22H19N3O3/c1-24-13-16(12-23-24)11-20-18-5-3-4-6-19(18)21(26)25(22(20)27)14-15-7-9-17(28-2)10-8-15/h3-13H,14H2,1-2H3. The lowest BCUT2D eigenvalue weighted by Gasteiger charge is -2.28. The van der Waals surface area contributed by atoms with Crippen LogP contribution in [-0.4, -0.2) is 33.6 Å². The van der Waals surface area contributed by atoms with Gasteiger partial charge < -0.3 is 4.74 Å². The third-order valence-corrected chi connectivity index (χ3v) is 4.70. The Balaban J connectivity index is 1.75. The van der Waals surface area contributed by atoms with Gasteiger partial charge in [0, 0.05) is 29.9 Å². The molecule has 0 saturated heterocycles. The number of benzene rings is 2. The number of methoxy groups -OCH3 is 1. The molecule has 140 valence electrons. The van der Waals surface area contributed by atoms with E-state index in [1.807, 2.05) is 43.6 Å². The molecule has 0 aliphatic carbocycles. The first-order valence-corrected chi connectivity index (χ1v) is 8.85. The monoisotopic (exact) mass is 373 g/mol. The van der Waals surface area contributed by atoms with Crippen molar-refractivity contribution < 1.29 is 14.3 Å². The number of carbonyl (C=O) groups excluding carboxylic acids is 2. The minimum absolute atomic E-state index is 0.195. The second kappa shape index (κ2) is 7.15. The van der Waals surface area contributed by atoms with Gasteiger partial charge in [-0.15, -0.1) is 0 Å². The molecule has 6 nitrogen and oxygen atoms in total. The Labute approximate surface area is 162 Å². The van der Waals surface area contributed by atoms with E-state index in [0.717, 1.165) is 16.9 Å². The van der Waals surface area contributed by atoms with Crippen LogP contribution >= 0.6 is 0 Å². The summed E-state index contributed by atoms with van der Waals surface area (Å²) in [6, 6.07) is 14.5. The number of imide groups is 1. The molecule has 28 heavy (non-hydrogen) atoms. The van der Waals surface area contributed by atoms with Crippen molar-refractivity contribution in [2.24, 2.45) is 7.05 Å². The first-order valence-electron chi connectivity index (χ1n) is 8.85. The maximum atomic E-state index is 13.2. The van der Waals surface area contributed by atoms with Crippen molar-refractivity contribution in [2.45, 2.75) is 6.54 Å². The molecule has 4 rings (SSSR count). The Morgan fingerprint density at radius 3 is 2.36 bits per heavy atom. The number of nitrogens with zero attached hydrogens (tertiary/aromatic N) is 3. The van der Waals surface area contributed by atoms with Crippen LogP contribution in [0.3, 0.4) is 0 Å². The number of hydrogen-bond acceptors (Lipinski definition) is 4. The highest BCUT2D eigenvalue weighted by Gasteiger charge is 2.34. The lowest BCUT2D eigenvalue weighted by atomic mass is 9.92. The quantitative estimate of drug-likeness (QED) is 0.521. The van der Waals surface area contributed by atoms with Crippen LogP contribution in [0.5, 0.6) is 5.75 Å². The van der Waals surface area contributed by atoms with Crippen LogP contribution < -0.4 is 4.74 Å². The summed E-state index contributed by atoms with van der Waals surface area (Å²) in [5.41, 5.74) is 3.30. The van der Waals surface area contributed by atoms with Crippen molar-refractivity contribution in [3.63, 3.8) is 0 Å². The molecule has 0 bridgehead atoms. The molecule has 2 amide bonds. The fraction of sp³-hybridized carbons (Fsp3) is 0.136. The molecule has 0 N–H and O–H groups in total. The smallest absolute Gasteiger partial charge is 0.261 e. The van der Waals surface area contributed by atoms with E-state index < -0.39 is 0 Å². The number of carbonyl (C=O) groups is 2. The van der Waals surface area contributed by atoms with Crippen molar-refractivity contribution in [2.75, 3.05) is 7.11 Å². The Bertz CT molecular complexity index is 1080. The van der Waals surface area contributed by atoms with Crippen molar-refractivity contribution in [3.05, 3.63) is 83.2 Å². The number of aromatic nitrogens is 2. The van der Waals surface area contributed by atoms with Gasteiger partial charge in [-0.2, -0.15) is 5.10 Å². The van der Waals surface area contributed by atoms with Crippen molar-refractivity contribution in [1.29, 1.82) is 0 Å². The van der Waals surface area contributed by atoms with Crippen molar-refractivity contribution in [3.8, 4) is 5.75 Å². The van der Waals surface area contributed by atoms with E-state index in [2.05, 4.69) is 5.10 Å². The Morgan fingerprint density at radius 2 is 1.71 bits per heavy atom. The zero-order chi connectivity index (χ0) is 19.7. The predicted molar refractivity (Wildman–Crippen MR) is 105 cm³/mol. The van der Waals surface area contributed by atoms with Crippen LogP contribution in [0.25, 0.3) is 11.6 Å². The van der Waals surface area contributed by atoms with Gasteiger partial charge in [-0.25, -0.2) is 0 Å². The number of fused-ring (bicyclic) bond motifs is 1. The number of rotatable bonds is 4. The van der Waals surface area contributed by atoms with Crippen LogP contribution in [0.2, 0.25) is 0 Å². The van der Waals surface area contributed by atoms with Gasteiger partial charge in [0.05, 0.1) is 19.9 Å². The van der Waals surface area contributed by atoms with Crippen LogP contribution in [0.4, 0.5) is 0 Å². The summed E-state index contributed by atoms with van der Waals surface area (Å²) in [6.45, 7) is 0.195. The third-order valence-electron chi connectivity index (χ3n) is 4.70. The molecule has 0 spiro atoms. The van der Waals surface area contributed by atoms with Crippen LogP contribution in [0.15, 0.2) is 60.9 Å². The van der Waals surface area contributed by atoms with Gasteiger partial charge in [0.2, 0.25) is 0 Å². The first-order chi connectivity index (χ1) is 13.6. The second-order valence-electron chi connectivity index (χ2n) is 6.60. The average molecular weight is 373 g/mol. The largest absolute Gasteiger partial charge is 0.497 e. The molecule has 0 unspecified atom stereocenters. The zero-order valence-corrected chi connectivity index (χ0v) is 15.6. The number of hydrogen-bond donors (Lipinski definition) is 0. The molecule has 3 aromatic rings. The summed E-state index contributed by atoms with van der Waals surface area (Å²) >= 11 is 0. The van der Waals surface area contributed by atoms with Crippen molar-refractivity contribution in [1.82, 2.24) is 14.7 Å². The molecular weight excluding hydrogens is 354 g/mol. The normalized spacial score (nSPS) is 15.1. The molecule has 1 aliphatic rings. The lowest BCUT2D eigenvalue weighted by molar-refractivity contribution is -0.123. The molecule has 0 atom stereocenters.